The van der Waals surface area contributed by atoms with Gasteiger partial charge in [-0.15, -0.1) is 12.4 Å². The van der Waals surface area contributed by atoms with Crippen LogP contribution in [0.25, 0.3) is 0 Å². The number of methoxy groups -OCH3 is 1. The predicted octanol–water partition coefficient (Wildman–Crippen LogP) is 2.82. The van der Waals surface area contributed by atoms with Gasteiger partial charge in [0, 0.05) is 45.3 Å². The van der Waals surface area contributed by atoms with Gasteiger partial charge in [-0.1, -0.05) is 12.1 Å². The van der Waals surface area contributed by atoms with Gasteiger partial charge in [-0.25, -0.2) is 4.79 Å². The van der Waals surface area contributed by atoms with Gasteiger partial charge >= 0.3 is 6.03 Å². The third kappa shape index (κ3) is 6.26. The molecule has 158 valence electrons. The van der Waals surface area contributed by atoms with Crippen molar-refractivity contribution in [1.82, 2.24) is 20.0 Å². The molecule has 1 aromatic carbocycles. The van der Waals surface area contributed by atoms with Gasteiger partial charge in [-0.3, -0.25) is 9.80 Å². The number of urea groups is 1. The Labute approximate surface area is 175 Å². The fourth-order valence-electron chi connectivity index (χ4n) is 4.20. The van der Waals surface area contributed by atoms with Crippen molar-refractivity contribution in [2.24, 2.45) is 0 Å². The Balaban J connectivity index is 0.00000280. The molecule has 0 aromatic heterocycles. The zero-order chi connectivity index (χ0) is 19.1. The van der Waals surface area contributed by atoms with Crippen LogP contribution in [0.1, 0.15) is 31.7 Å². The molecule has 7 heteroatoms. The molecule has 2 fully saturated rings. The van der Waals surface area contributed by atoms with Crippen molar-refractivity contribution in [3.8, 4) is 5.75 Å². The van der Waals surface area contributed by atoms with E-state index in [1.165, 1.54) is 18.4 Å². The smallest absolute Gasteiger partial charge is 0.317 e. The molecule has 0 unspecified atom stereocenters. The van der Waals surface area contributed by atoms with Gasteiger partial charge in [-0.05, 0) is 57.0 Å². The summed E-state index contributed by atoms with van der Waals surface area (Å²) in [5.74, 6) is 0.917. The van der Waals surface area contributed by atoms with E-state index in [4.69, 9.17) is 4.74 Å². The van der Waals surface area contributed by atoms with Crippen LogP contribution in [0.15, 0.2) is 24.3 Å². The first-order valence-electron chi connectivity index (χ1n) is 10.3. The van der Waals surface area contributed by atoms with E-state index in [0.717, 1.165) is 58.0 Å². The molecule has 0 atom stereocenters. The lowest BCUT2D eigenvalue weighted by Crippen LogP contribution is -2.46. The Kier molecular flexibility index (Phi) is 9.35. The highest BCUT2D eigenvalue weighted by atomic mass is 35.5. The van der Waals surface area contributed by atoms with Crippen LogP contribution in [-0.4, -0.2) is 79.7 Å². The number of ether oxygens (including phenoxy) is 1. The van der Waals surface area contributed by atoms with Gasteiger partial charge in [-0.2, -0.15) is 0 Å². The fourth-order valence-corrected chi connectivity index (χ4v) is 4.20. The highest BCUT2D eigenvalue weighted by Crippen LogP contribution is 2.21. The molecular weight excluding hydrogens is 376 g/mol. The summed E-state index contributed by atoms with van der Waals surface area (Å²) in [7, 11) is 1.71. The molecule has 2 amide bonds. The minimum Gasteiger partial charge on any atom is -0.497 e. The molecule has 0 aliphatic carbocycles. The lowest BCUT2D eigenvalue weighted by molar-refractivity contribution is 0.107. The largest absolute Gasteiger partial charge is 0.497 e. The van der Waals surface area contributed by atoms with Crippen molar-refractivity contribution in [2.45, 2.75) is 38.8 Å². The van der Waals surface area contributed by atoms with Crippen molar-refractivity contribution in [3.05, 3.63) is 29.8 Å². The fraction of sp³-hybridized carbons (Fsp3) is 0.667. The molecule has 1 N–H and O–H groups in total. The van der Waals surface area contributed by atoms with Crippen LogP contribution in [0.4, 0.5) is 4.79 Å². The maximum Gasteiger partial charge on any atom is 0.317 e. The monoisotopic (exact) mass is 410 g/mol. The quantitative estimate of drug-likeness (QED) is 0.810. The molecule has 6 nitrogen and oxygen atoms in total. The van der Waals surface area contributed by atoms with Gasteiger partial charge in [0.05, 0.1) is 7.11 Å². The van der Waals surface area contributed by atoms with E-state index >= 15 is 0 Å². The van der Waals surface area contributed by atoms with Crippen molar-refractivity contribution in [3.63, 3.8) is 0 Å². The predicted molar refractivity (Wildman–Crippen MR) is 115 cm³/mol. The second-order valence-corrected chi connectivity index (χ2v) is 7.57. The van der Waals surface area contributed by atoms with E-state index in [-0.39, 0.29) is 18.4 Å². The number of piperidine rings is 1. The SMILES string of the molecule is CCNC(=O)N1CCCN(C2CCN(Cc3ccc(OC)cc3)CC2)CC1.Cl. The summed E-state index contributed by atoms with van der Waals surface area (Å²) >= 11 is 0. The molecule has 0 bridgehead atoms. The average molecular weight is 411 g/mol. The number of amides is 2. The zero-order valence-corrected chi connectivity index (χ0v) is 18.0. The molecule has 3 rings (SSSR count). The first-order chi connectivity index (χ1) is 13.2. The van der Waals surface area contributed by atoms with Crippen molar-refractivity contribution >= 4 is 18.4 Å². The van der Waals surface area contributed by atoms with Gasteiger partial charge < -0.3 is 15.0 Å². The van der Waals surface area contributed by atoms with Gasteiger partial charge in [0.1, 0.15) is 5.75 Å². The molecule has 2 aliphatic rings. The van der Waals surface area contributed by atoms with Crippen LogP contribution in [0.2, 0.25) is 0 Å². The summed E-state index contributed by atoms with van der Waals surface area (Å²) in [5.41, 5.74) is 1.35. The van der Waals surface area contributed by atoms with Crippen LogP contribution >= 0.6 is 12.4 Å². The number of nitrogens with zero attached hydrogens (tertiary/aromatic N) is 3. The molecule has 2 aliphatic heterocycles. The van der Waals surface area contributed by atoms with E-state index in [1.54, 1.807) is 7.11 Å². The minimum atomic E-state index is 0. The van der Waals surface area contributed by atoms with Crippen LogP contribution in [0, 0.1) is 0 Å². The molecule has 0 radical (unpaired) electrons. The standard InChI is InChI=1S/C21H34N4O2.ClH/c1-3-22-21(26)25-12-4-11-24(15-16-25)19-9-13-23(14-10-19)17-18-5-7-20(27-2)8-6-18;/h5-8,19H,3-4,9-17H2,1-2H3,(H,22,26);1H. The Hall–Kier alpha value is -1.50. The molecule has 0 saturated carbocycles. The number of halogens is 1. The topological polar surface area (TPSA) is 48.1 Å². The van der Waals surface area contributed by atoms with E-state index in [1.807, 2.05) is 24.0 Å². The number of benzene rings is 1. The minimum absolute atomic E-state index is 0. The first-order valence-corrected chi connectivity index (χ1v) is 10.3. The summed E-state index contributed by atoms with van der Waals surface area (Å²) in [6, 6.07) is 9.16. The molecule has 28 heavy (non-hydrogen) atoms. The van der Waals surface area contributed by atoms with Crippen molar-refractivity contribution in [2.75, 3.05) is 52.9 Å². The third-order valence-electron chi connectivity index (χ3n) is 5.78. The first kappa shape index (κ1) is 22.8. The number of nitrogens with one attached hydrogen (secondary N) is 1. The molecular formula is C21H35ClN4O2. The van der Waals surface area contributed by atoms with Crippen LogP contribution < -0.4 is 10.1 Å². The van der Waals surface area contributed by atoms with E-state index in [0.29, 0.717) is 12.6 Å². The second kappa shape index (κ2) is 11.5. The van der Waals surface area contributed by atoms with Gasteiger partial charge in [0.15, 0.2) is 0 Å². The summed E-state index contributed by atoms with van der Waals surface area (Å²) in [6.45, 7) is 9.81. The number of carbonyl (C=O) groups is 1. The number of hydrogen-bond acceptors (Lipinski definition) is 4. The third-order valence-corrected chi connectivity index (χ3v) is 5.78. The molecule has 2 heterocycles. The Morgan fingerprint density at radius 2 is 1.79 bits per heavy atom. The molecule has 1 aromatic rings. The highest BCUT2D eigenvalue weighted by molar-refractivity contribution is 5.85. The summed E-state index contributed by atoms with van der Waals surface area (Å²) in [6.07, 6.45) is 3.51. The van der Waals surface area contributed by atoms with E-state index in [9.17, 15) is 4.79 Å². The molecule has 0 spiro atoms. The lowest BCUT2D eigenvalue weighted by atomic mass is 10.0. The maximum absolute atomic E-state index is 12.1. The average Bonchev–Trinajstić information content (AvgIpc) is 2.96. The van der Waals surface area contributed by atoms with Crippen LogP contribution in [0.3, 0.4) is 0 Å². The number of carbonyl (C=O) groups excluding carboxylic acids is 1. The summed E-state index contributed by atoms with van der Waals surface area (Å²) in [4.78, 5) is 19.2. The number of likely N-dealkylation sites (tertiary alicyclic amines) is 1. The summed E-state index contributed by atoms with van der Waals surface area (Å²) in [5, 5.41) is 2.93. The van der Waals surface area contributed by atoms with Crippen LogP contribution in [-0.2, 0) is 6.54 Å². The number of hydrogen-bond donors (Lipinski definition) is 1. The highest BCUT2D eigenvalue weighted by Gasteiger charge is 2.27. The van der Waals surface area contributed by atoms with E-state index < -0.39 is 0 Å². The van der Waals surface area contributed by atoms with Crippen molar-refractivity contribution < 1.29 is 9.53 Å². The summed E-state index contributed by atoms with van der Waals surface area (Å²) < 4.78 is 5.24. The Morgan fingerprint density at radius 1 is 1.07 bits per heavy atom. The Morgan fingerprint density at radius 3 is 2.43 bits per heavy atom. The molecule has 2 saturated heterocycles. The lowest BCUT2D eigenvalue weighted by Gasteiger charge is -2.38. The van der Waals surface area contributed by atoms with Crippen molar-refractivity contribution in [1.29, 1.82) is 0 Å². The second-order valence-electron chi connectivity index (χ2n) is 7.57. The van der Waals surface area contributed by atoms with E-state index in [2.05, 4.69) is 27.2 Å². The maximum atomic E-state index is 12.1. The number of rotatable bonds is 5. The zero-order valence-electron chi connectivity index (χ0n) is 17.2. The van der Waals surface area contributed by atoms with Gasteiger partial charge in [0.25, 0.3) is 0 Å². The van der Waals surface area contributed by atoms with Crippen LogP contribution in [0.5, 0.6) is 5.75 Å². The van der Waals surface area contributed by atoms with Gasteiger partial charge in [0.2, 0.25) is 0 Å². The Bertz CT molecular complexity index is 591. The normalized spacial score (nSPS) is 19.6.